The maximum atomic E-state index is 12.4. The first-order valence-corrected chi connectivity index (χ1v) is 7.85. The van der Waals surface area contributed by atoms with Gasteiger partial charge in [0.15, 0.2) is 5.16 Å². The molecule has 1 amide bonds. The maximum absolute atomic E-state index is 12.4. The topological polar surface area (TPSA) is 74.8 Å². The molecule has 1 aromatic heterocycles. The SMILES string of the molecule is CSc1nc2c(c(=O)[nH]1)C(c1cccc(C)c1)CC(=O)N2. The van der Waals surface area contributed by atoms with Crippen LogP contribution in [0.2, 0.25) is 0 Å². The Bertz CT molecular complexity index is 770. The summed E-state index contributed by atoms with van der Waals surface area (Å²) in [5.74, 6) is 0.0193. The summed E-state index contributed by atoms with van der Waals surface area (Å²) in [6, 6.07) is 7.89. The van der Waals surface area contributed by atoms with E-state index < -0.39 is 0 Å². The summed E-state index contributed by atoms with van der Waals surface area (Å²) in [6.45, 7) is 1.99. The molecule has 6 heteroatoms. The Labute approximate surface area is 126 Å². The Kier molecular flexibility index (Phi) is 3.55. The fraction of sp³-hybridized carbons (Fsp3) is 0.267. The summed E-state index contributed by atoms with van der Waals surface area (Å²) < 4.78 is 0. The van der Waals surface area contributed by atoms with Gasteiger partial charge in [-0.25, -0.2) is 4.98 Å². The Morgan fingerprint density at radius 3 is 2.86 bits per heavy atom. The molecular formula is C15H15N3O2S. The third-order valence-corrected chi connectivity index (χ3v) is 4.15. The molecule has 5 nitrogen and oxygen atoms in total. The number of rotatable bonds is 2. The molecule has 3 rings (SSSR count). The van der Waals surface area contributed by atoms with Gasteiger partial charge >= 0.3 is 0 Å². The molecule has 1 atom stereocenters. The predicted octanol–water partition coefficient (Wildman–Crippen LogP) is 2.27. The summed E-state index contributed by atoms with van der Waals surface area (Å²) in [4.78, 5) is 31.4. The van der Waals surface area contributed by atoms with E-state index in [9.17, 15) is 9.59 Å². The van der Waals surface area contributed by atoms with E-state index in [1.54, 1.807) is 0 Å². The molecular weight excluding hydrogens is 286 g/mol. The van der Waals surface area contributed by atoms with E-state index in [-0.39, 0.29) is 23.8 Å². The zero-order valence-electron chi connectivity index (χ0n) is 11.8. The van der Waals surface area contributed by atoms with Crippen LogP contribution < -0.4 is 10.9 Å². The third kappa shape index (κ3) is 2.58. The summed E-state index contributed by atoms with van der Waals surface area (Å²) in [5.41, 5.74) is 2.43. The molecule has 1 aliphatic heterocycles. The number of hydrogen-bond donors (Lipinski definition) is 2. The van der Waals surface area contributed by atoms with Crippen molar-refractivity contribution in [3.05, 3.63) is 51.3 Å². The zero-order chi connectivity index (χ0) is 15.0. The van der Waals surface area contributed by atoms with Gasteiger partial charge in [0, 0.05) is 12.3 Å². The highest BCUT2D eigenvalue weighted by Gasteiger charge is 2.30. The van der Waals surface area contributed by atoms with Gasteiger partial charge in [0.05, 0.1) is 5.56 Å². The monoisotopic (exact) mass is 301 g/mol. The van der Waals surface area contributed by atoms with Crippen LogP contribution in [0, 0.1) is 6.92 Å². The largest absolute Gasteiger partial charge is 0.310 e. The Hall–Kier alpha value is -2.08. The van der Waals surface area contributed by atoms with Crippen molar-refractivity contribution >= 4 is 23.5 Å². The molecule has 2 N–H and O–H groups in total. The summed E-state index contributed by atoms with van der Waals surface area (Å²) in [7, 11) is 0. The van der Waals surface area contributed by atoms with E-state index in [4.69, 9.17) is 0 Å². The smallest absolute Gasteiger partial charge is 0.257 e. The molecule has 108 valence electrons. The highest BCUT2D eigenvalue weighted by Crippen LogP contribution is 2.34. The van der Waals surface area contributed by atoms with Crippen LogP contribution in [0.5, 0.6) is 0 Å². The van der Waals surface area contributed by atoms with Crippen LogP contribution in [0.15, 0.2) is 34.2 Å². The number of nitrogens with one attached hydrogen (secondary N) is 2. The van der Waals surface area contributed by atoms with Gasteiger partial charge in [0.2, 0.25) is 5.91 Å². The lowest BCUT2D eigenvalue weighted by Crippen LogP contribution is -2.31. The molecule has 0 saturated heterocycles. The van der Waals surface area contributed by atoms with Gasteiger partial charge in [-0.3, -0.25) is 9.59 Å². The first-order valence-electron chi connectivity index (χ1n) is 6.63. The van der Waals surface area contributed by atoms with Crippen LogP contribution in [0.25, 0.3) is 0 Å². The molecule has 0 spiro atoms. The van der Waals surface area contributed by atoms with Crippen molar-refractivity contribution in [1.82, 2.24) is 9.97 Å². The number of H-pyrrole nitrogens is 1. The van der Waals surface area contributed by atoms with Gasteiger partial charge in [-0.2, -0.15) is 0 Å². The summed E-state index contributed by atoms with van der Waals surface area (Å²) in [6.07, 6.45) is 2.09. The molecule has 2 heterocycles. The van der Waals surface area contributed by atoms with Crippen LogP contribution in [0.4, 0.5) is 5.82 Å². The number of carbonyl (C=O) groups excluding carboxylic acids is 1. The van der Waals surface area contributed by atoms with Crippen molar-refractivity contribution in [2.45, 2.75) is 24.4 Å². The Balaban J connectivity index is 2.18. The van der Waals surface area contributed by atoms with E-state index in [1.807, 2.05) is 37.4 Å². The quantitative estimate of drug-likeness (QED) is 0.659. The molecule has 0 bridgehead atoms. The van der Waals surface area contributed by atoms with Crippen LogP contribution >= 0.6 is 11.8 Å². The van der Waals surface area contributed by atoms with Gasteiger partial charge in [-0.15, -0.1) is 0 Å². The highest BCUT2D eigenvalue weighted by atomic mass is 32.2. The average molecular weight is 301 g/mol. The van der Waals surface area contributed by atoms with Crippen molar-refractivity contribution < 1.29 is 4.79 Å². The number of amides is 1. The van der Waals surface area contributed by atoms with E-state index in [1.165, 1.54) is 11.8 Å². The normalized spacial score (nSPS) is 17.2. The maximum Gasteiger partial charge on any atom is 0.257 e. The molecule has 0 radical (unpaired) electrons. The van der Waals surface area contributed by atoms with Gasteiger partial charge in [0.25, 0.3) is 5.56 Å². The van der Waals surface area contributed by atoms with E-state index >= 15 is 0 Å². The van der Waals surface area contributed by atoms with Crippen LogP contribution in [0.3, 0.4) is 0 Å². The van der Waals surface area contributed by atoms with E-state index in [2.05, 4.69) is 15.3 Å². The number of aryl methyl sites for hydroxylation is 1. The molecule has 0 fully saturated rings. The van der Waals surface area contributed by atoms with Gasteiger partial charge in [-0.05, 0) is 18.7 Å². The fourth-order valence-corrected chi connectivity index (χ4v) is 3.00. The van der Waals surface area contributed by atoms with Gasteiger partial charge in [-0.1, -0.05) is 41.6 Å². The van der Waals surface area contributed by atoms with Crippen molar-refractivity contribution in [3.63, 3.8) is 0 Å². The first kappa shape index (κ1) is 13.9. The molecule has 21 heavy (non-hydrogen) atoms. The Morgan fingerprint density at radius 2 is 2.14 bits per heavy atom. The van der Waals surface area contributed by atoms with Crippen molar-refractivity contribution in [2.75, 3.05) is 11.6 Å². The van der Waals surface area contributed by atoms with Crippen molar-refractivity contribution in [1.29, 1.82) is 0 Å². The minimum absolute atomic E-state index is 0.112. The predicted molar refractivity (Wildman–Crippen MR) is 82.9 cm³/mol. The molecule has 1 aromatic carbocycles. The lowest BCUT2D eigenvalue weighted by atomic mass is 9.86. The summed E-state index contributed by atoms with van der Waals surface area (Å²) in [5, 5.41) is 3.21. The number of benzene rings is 1. The molecule has 0 aliphatic carbocycles. The van der Waals surface area contributed by atoms with E-state index in [0.717, 1.165) is 11.1 Å². The molecule has 1 aliphatic rings. The van der Waals surface area contributed by atoms with Crippen molar-refractivity contribution in [2.24, 2.45) is 0 Å². The first-order chi connectivity index (χ1) is 10.1. The number of carbonyl (C=O) groups is 1. The average Bonchev–Trinajstić information content (AvgIpc) is 2.45. The second-order valence-electron chi connectivity index (χ2n) is 5.06. The minimum Gasteiger partial charge on any atom is -0.310 e. The second-order valence-corrected chi connectivity index (χ2v) is 5.85. The van der Waals surface area contributed by atoms with Crippen LogP contribution in [0.1, 0.15) is 29.0 Å². The van der Waals surface area contributed by atoms with Crippen molar-refractivity contribution in [3.8, 4) is 0 Å². The number of fused-ring (bicyclic) bond motifs is 1. The van der Waals surface area contributed by atoms with E-state index in [0.29, 0.717) is 16.5 Å². The standard InChI is InChI=1S/C15H15N3O2S/c1-8-4-3-5-9(6-8)10-7-11(19)16-13-12(10)14(20)18-15(17-13)21-2/h3-6,10H,7H2,1-2H3,(H2,16,17,18,19,20). The number of aromatic nitrogens is 2. The van der Waals surface area contributed by atoms with Gasteiger partial charge in [0.1, 0.15) is 5.82 Å². The molecule has 1 unspecified atom stereocenters. The lowest BCUT2D eigenvalue weighted by Gasteiger charge is -2.24. The molecule has 0 saturated carbocycles. The number of thioether (sulfide) groups is 1. The lowest BCUT2D eigenvalue weighted by molar-refractivity contribution is -0.116. The van der Waals surface area contributed by atoms with Crippen LogP contribution in [-0.2, 0) is 4.79 Å². The third-order valence-electron chi connectivity index (χ3n) is 3.57. The highest BCUT2D eigenvalue weighted by molar-refractivity contribution is 7.98. The zero-order valence-corrected chi connectivity index (χ0v) is 12.6. The number of hydrogen-bond acceptors (Lipinski definition) is 4. The van der Waals surface area contributed by atoms with Gasteiger partial charge < -0.3 is 10.3 Å². The summed E-state index contributed by atoms with van der Waals surface area (Å²) >= 11 is 1.34. The fourth-order valence-electron chi connectivity index (χ4n) is 2.62. The second kappa shape index (κ2) is 5.37. The number of anilines is 1. The van der Waals surface area contributed by atoms with Crippen LogP contribution in [-0.4, -0.2) is 22.1 Å². The number of aromatic amines is 1. The Morgan fingerprint density at radius 1 is 1.33 bits per heavy atom. The molecule has 2 aromatic rings. The minimum atomic E-state index is -0.249. The number of nitrogens with zero attached hydrogens (tertiary/aromatic N) is 1.